The van der Waals surface area contributed by atoms with E-state index in [9.17, 15) is 8.42 Å². The monoisotopic (exact) mass is 311 g/mol. The van der Waals surface area contributed by atoms with Crippen LogP contribution in [-0.2, 0) is 10.0 Å². The molecule has 1 aromatic rings. The van der Waals surface area contributed by atoms with Crippen molar-refractivity contribution in [3.05, 3.63) is 24.3 Å². The highest BCUT2D eigenvalue weighted by molar-refractivity contribution is 7.89. The van der Waals surface area contributed by atoms with Crippen LogP contribution in [0.15, 0.2) is 29.2 Å². The van der Waals surface area contributed by atoms with Gasteiger partial charge in [0.1, 0.15) is 4.90 Å². The van der Waals surface area contributed by atoms with Crippen molar-refractivity contribution < 1.29 is 8.42 Å². The van der Waals surface area contributed by atoms with Crippen LogP contribution in [0.5, 0.6) is 0 Å². The van der Waals surface area contributed by atoms with Gasteiger partial charge in [0, 0.05) is 25.7 Å². The van der Waals surface area contributed by atoms with Gasteiger partial charge in [-0.1, -0.05) is 26.0 Å². The third kappa shape index (κ3) is 4.18. The van der Waals surface area contributed by atoms with Crippen LogP contribution in [0.1, 0.15) is 26.7 Å². The summed E-state index contributed by atoms with van der Waals surface area (Å²) in [5.41, 5.74) is 0.702. The fourth-order valence-electron chi connectivity index (χ4n) is 2.70. The molecule has 1 fully saturated rings. The summed E-state index contributed by atoms with van der Waals surface area (Å²) in [6.07, 6.45) is 2.09. The Hall–Kier alpha value is -1.11. The second kappa shape index (κ2) is 7.24. The van der Waals surface area contributed by atoms with Crippen molar-refractivity contribution in [3.8, 4) is 0 Å². The number of hydrogen-bond acceptors (Lipinski definition) is 4. The van der Waals surface area contributed by atoms with Crippen molar-refractivity contribution in [2.45, 2.75) is 37.6 Å². The van der Waals surface area contributed by atoms with E-state index in [0.29, 0.717) is 23.2 Å². The standard InChI is InChI=1S/C15H25N3O2S/c1-3-16-21(19,20)15-8-6-5-7-14(15)17-13-9-11-18(4-2)12-10-13/h5-8,13,16-17H,3-4,9-12H2,1-2H3. The predicted molar refractivity (Wildman–Crippen MR) is 86.1 cm³/mol. The molecule has 0 radical (unpaired) electrons. The lowest BCUT2D eigenvalue weighted by atomic mass is 10.0. The lowest BCUT2D eigenvalue weighted by Gasteiger charge is -2.32. The van der Waals surface area contributed by atoms with Crippen LogP contribution in [0.2, 0.25) is 0 Å². The Morgan fingerprint density at radius 3 is 2.48 bits per heavy atom. The Kier molecular flexibility index (Phi) is 5.61. The van der Waals surface area contributed by atoms with Crippen molar-refractivity contribution in [3.63, 3.8) is 0 Å². The maximum absolute atomic E-state index is 12.2. The average Bonchev–Trinajstić information content (AvgIpc) is 2.48. The SMILES string of the molecule is CCNS(=O)(=O)c1ccccc1NC1CCN(CC)CC1. The molecule has 1 heterocycles. The molecule has 5 nitrogen and oxygen atoms in total. The molecule has 0 aliphatic carbocycles. The normalized spacial score (nSPS) is 17.8. The molecular weight excluding hydrogens is 286 g/mol. The van der Waals surface area contributed by atoms with Gasteiger partial charge >= 0.3 is 0 Å². The van der Waals surface area contributed by atoms with E-state index < -0.39 is 10.0 Å². The molecule has 6 heteroatoms. The van der Waals surface area contributed by atoms with E-state index in [2.05, 4.69) is 21.9 Å². The minimum atomic E-state index is -3.43. The summed E-state index contributed by atoms with van der Waals surface area (Å²) in [5, 5.41) is 3.41. The third-order valence-electron chi connectivity index (χ3n) is 3.91. The maximum Gasteiger partial charge on any atom is 0.242 e. The molecule has 1 aliphatic rings. The smallest absolute Gasteiger partial charge is 0.242 e. The largest absolute Gasteiger partial charge is 0.381 e. The molecule has 0 bridgehead atoms. The van der Waals surface area contributed by atoms with E-state index in [1.165, 1.54) is 0 Å². The molecule has 2 N–H and O–H groups in total. The van der Waals surface area contributed by atoms with Crippen LogP contribution in [-0.4, -0.2) is 45.5 Å². The molecule has 1 saturated heterocycles. The summed E-state index contributed by atoms with van der Waals surface area (Å²) < 4.78 is 27.0. The van der Waals surface area contributed by atoms with Crippen molar-refractivity contribution >= 4 is 15.7 Å². The first kappa shape index (κ1) is 16.3. The number of nitrogens with one attached hydrogen (secondary N) is 2. The minimum Gasteiger partial charge on any atom is -0.381 e. The number of nitrogens with zero attached hydrogens (tertiary/aromatic N) is 1. The summed E-state index contributed by atoms with van der Waals surface area (Å²) in [6.45, 7) is 7.57. The quantitative estimate of drug-likeness (QED) is 0.842. The van der Waals surface area contributed by atoms with E-state index in [-0.39, 0.29) is 0 Å². The second-order valence-corrected chi connectivity index (χ2v) is 7.09. The summed E-state index contributed by atoms with van der Waals surface area (Å²) in [5.74, 6) is 0. The summed E-state index contributed by atoms with van der Waals surface area (Å²) in [6, 6.07) is 7.47. The van der Waals surface area contributed by atoms with Crippen LogP contribution in [0.4, 0.5) is 5.69 Å². The Bertz CT molecular complexity index is 552. The highest BCUT2D eigenvalue weighted by Crippen LogP contribution is 2.23. The van der Waals surface area contributed by atoms with E-state index in [0.717, 1.165) is 32.5 Å². The molecule has 0 aromatic heterocycles. The van der Waals surface area contributed by atoms with E-state index in [4.69, 9.17) is 0 Å². The van der Waals surface area contributed by atoms with Gasteiger partial charge in [-0.2, -0.15) is 0 Å². The zero-order valence-electron chi connectivity index (χ0n) is 12.8. The van der Waals surface area contributed by atoms with Gasteiger partial charge in [0.05, 0.1) is 5.69 Å². The molecule has 1 aliphatic heterocycles. The number of sulfonamides is 1. The zero-order chi connectivity index (χ0) is 15.3. The molecule has 21 heavy (non-hydrogen) atoms. The van der Waals surface area contributed by atoms with Gasteiger partial charge in [0.2, 0.25) is 10.0 Å². The third-order valence-corrected chi connectivity index (χ3v) is 5.51. The second-order valence-electron chi connectivity index (χ2n) is 5.35. The predicted octanol–water partition coefficient (Wildman–Crippen LogP) is 1.88. The van der Waals surface area contributed by atoms with Crippen molar-refractivity contribution in [2.24, 2.45) is 0 Å². The topological polar surface area (TPSA) is 61.4 Å². The molecule has 0 spiro atoms. The van der Waals surface area contributed by atoms with Gasteiger partial charge in [0.15, 0.2) is 0 Å². The van der Waals surface area contributed by atoms with Crippen molar-refractivity contribution in [2.75, 3.05) is 31.5 Å². The molecular formula is C15H25N3O2S. The van der Waals surface area contributed by atoms with E-state index in [1.807, 2.05) is 12.1 Å². The Morgan fingerprint density at radius 1 is 1.19 bits per heavy atom. The molecule has 118 valence electrons. The van der Waals surface area contributed by atoms with Gasteiger partial charge in [0.25, 0.3) is 0 Å². The molecule has 0 saturated carbocycles. The Balaban J connectivity index is 2.11. The lowest BCUT2D eigenvalue weighted by Crippen LogP contribution is -2.39. The number of para-hydroxylation sites is 1. The first-order valence-electron chi connectivity index (χ1n) is 7.64. The lowest BCUT2D eigenvalue weighted by molar-refractivity contribution is 0.229. The van der Waals surface area contributed by atoms with Gasteiger partial charge in [-0.15, -0.1) is 0 Å². The number of rotatable bonds is 6. The highest BCUT2D eigenvalue weighted by atomic mass is 32.2. The van der Waals surface area contributed by atoms with Crippen LogP contribution < -0.4 is 10.0 Å². The maximum atomic E-state index is 12.2. The van der Waals surface area contributed by atoms with Crippen LogP contribution >= 0.6 is 0 Å². The van der Waals surface area contributed by atoms with Gasteiger partial charge in [-0.05, 0) is 31.5 Å². The van der Waals surface area contributed by atoms with E-state index >= 15 is 0 Å². The molecule has 2 rings (SSSR count). The first-order valence-corrected chi connectivity index (χ1v) is 9.12. The summed E-state index contributed by atoms with van der Waals surface area (Å²) in [7, 11) is -3.43. The average molecular weight is 311 g/mol. The Morgan fingerprint density at radius 2 is 1.86 bits per heavy atom. The van der Waals surface area contributed by atoms with Crippen molar-refractivity contribution in [1.82, 2.24) is 9.62 Å². The van der Waals surface area contributed by atoms with Gasteiger partial charge < -0.3 is 10.2 Å². The molecule has 0 atom stereocenters. The van der Waals surface area contributed by atoms with Crippen LogP contribution in [0.3, 0.4) is 0 Å². The molecule has 1 aromatic carbocycles. The fraction of sp³-hybridized carbons (Fsp3) is 0.600. The summed E-state index contributed by atoms with van der Waals surface area (Å²) in [4.78, 5) is 2.75. The molecule has 0 amide bonds. The van der Waals surface area contributed by atoms with Gasteiger partial charge in [-0.25, -0.2) is 13.1 Å². The van der Waals surface area contributed by atoms with Gasteiger partial charge in [-0.3, -0.25) is 0 Å². The fourth-order valence-corrected chi connectivity index (χ4v) is 3.91. The number of hydrogen-bond donors (Lipinski definition) is 2. The summed E-state index contributed by atoms with van der Waals surface area (Å²) >= 11 is 0. The Labute approximate surface area is 127 Å². The zero-order valence-corrected chi connectivity index (χ0v) is 13.6. The minimum absolute atomic E-state index is 0.338. The number of piperidine rings is 1. The first-order chi connectivity index (χ1) is 10.1. The van der Waals surface area contributed by atoms with Crippen LogP contribution in [0.25, 0.3) is 0 Å². The van der Waals surface area contributed by atoms with E-state index in [1.54, 1.807) is 19.1 Å². The van der Waals surface area contributed by atoms with Crippen molar-refractivity contribution in [1.29, 1.82) is 0 Å². The number of anilines is 1. The molecule has 0 unspecified atom stereocenters. The number of benzene rings is 1. The van der Waals surface area contributed by atoms with Crippen LogP contribution in [0, 0.1) is 0 Å². The highest BCUT2D eigenvalue weighted by Gasteiger charge is 2.22. The number of likely N-dealkylation sites (tertiary alicyclic amines) is 1.